The molecule has 1 aromatic carbocycles. The van der Waals surface area contributed by atoms with Gasteiger partial charge in [0.05, 0.1) is 25.8 Å². The molecule has 0 spiro atoms. The number of nitrogens with zero attached hydrogens (tertiary/aromatic N) is 2. The zero-order valence-electron chi connectivity index (χ0n) is 13.7. The molecular weight excluding hydrogens is 306 g/mol. The predicted octanol–water partition coefficient (Wildman–Crippen LogP) is 1.49. The number of ether oxygens (including phenoxy) is 1. The molecule has 1 N–H and O–H groups in total. The number of methoxy groups -OCH3 is 1. The second-order valence-corrected chi connectivity index (χ2v) is 5.93. The first-order chi connectivity index (χ1) is 11.7. The summed E-state index contributed by atoms with van der Waals surface area (Å²) in [5.74, 6) is 1.09. The van der Waals surface area contributed by atoms with Crippen molar-refractivity contribution in [2.45, 2.75) is 31.7 Å². The Bertz CT molecular complexity index is 781. The van der Waals surface area contributed by atoms with Crippen LogP contribution in [0.2, 0.25) is 0 Å². The SMILES string of the molecule is COc1ccccc1CC(=O)NCCn1nc(C2CC2)ccc1=O. The third-order valence-corrected chi connectivity index (χ3v) is 4.07. The van der Waals surface area contributed by atoms with Crippen molar-refractivity contribution in [2.24, 2.45) is 0 Å². The fourth-order valence-electron chi connectivity index (χ4n) is 2.61. The summed E-state index contributed by atoms with van der Waals surface area (Å²) in [5, 5.41) is 7.20. The maximum atomic E-state index is 12.1. The van der Waals surface area contributed by atoms with E-state index in [1.54, 1.807) is 19.2 Å². The van der Waals surface area contributed by atoms with Crippen molar-refractivity contribution in [2.75, 3.05) is 13.7 Å². The Kier molecular flexibility index (Phi) is 4.93. The van der Waals surface area contributed by atoms with Crippen molar-refractivity contribution < 1.29 is 9.53 Å². The lowest BCUT2D eigenvalue weighted by atomic mass is 10.1. The van der Waals surface area contributed by atoms with Gasteiger partial charge in [-0.1, -0.05) is 18.2 Å². The number of rotatable bonds is 7. The molecule has 6 nitrogen and oxygen atoms in total. The summed E-state index contributed by atoms with van der Waals surface area (Å²) in [4.78, 5) is 23.9. The van der Waals surface area contributed by atoms with E-state index in [1.165, 1.54) is 4.68 Å². The lowest BCUT2D eigenvalue weighted by Crippen LogP contribution is -2.33. The second kappa shape index (κ2) is 7.29. The van der Waals surface area contributed by atoms with E-state index < -0.39 is 0 Å². The highest BCUT2D eigenvalue weighted by Gasteiger charge is 2.25. The quantitative estimate of drug-likeness (QED) is 0.836. The number of hydrogen-bond acceptors (Lipinski definition) is 4. The van der Waals surface area contributed by atoms with Crippen molar-refractivity contribution in [1.29, 1.82) is 0 Å². The van der Waals surface area contributed by atoms with Crippen LogP contribution in [0.15, 0.2) is 41.2 Å². The number of benzene rings is 1. The van der Waals surface area contributed by atoms with Gasteiger partial charge in [-0.2, -0.15) is 5.10 Å². The first-order valence-corrected chi connectivity index (χ1v) is 8.14. The van der Waals surface area contributed by atoms with Crippen molar-refractivity contribution in [3.63, 3.8) is 0 Å². The summed E-state index contributed by atoms with van der Waals surface area (Å²) < 4.78 is 6.67. The highest BCUT2D eigenvalue weighted by atomic mass is 16.5. The van der Waals surface area contributed by atoms with Crippen molar-refractivity contribution >= 4 is 5.91 Å². The lowest BCUT2D eigenvalue weighted by molar-refractivity contribution is -0.120. The highest BCUT2D eigenvalue weighted by Crippen LogP contribution is 2.38. The van der Waals surface area contributed by atoms with Crippen LogP contribution < -0.4 is 15.6 Å². The first kappa shape index (κ1) is 16.2. The molecule has 126 valence electrons. The van der Waals surface area contributed by atoms with Gasteiger partial charge < -0.3 is 10.1 Å². The van der Waals surface area contributed by atoms with Gasteiger partial charge in [0.2, 0.25) is 5.91 Å². The fraction of sp³-hybridized carbons (Fsp3) is 0.389. The van der Waals surface area contributed by atoms with E-state index >= 15 is 0 Å². The molecule has 1 fully saturated rings. The van der Waals surface area contributed by atoms with Crippen LogP contribution in [0.4, 0.5) is 0 Å². The molecule has 1 amide bonds. The Hall–Kier alpha value is -2.63. The molecule has 1 aliphatic rings. The summed E-state index contributed by atoms with van der Waals surface area (Å²) >= 11 is 0. The van der Waals surface area contributed by atoms with Gasteiger partial charge in [0.15, 0.2) is 0 Å². The largest absolute Gasteiger partial charge is 0.496 e. The van der Waals surface area contributed by atoms with E-state index in [4.69, 9.17) is 4.74 Å². The van der Waals surface area contributed by atoms with Gasteiger partial charge in [-0.3, -0.25) is 9.59 Å². The van der Waals surface area contributed by atoms with Gasteiger partial charge in [-0.05, 0) is 25.0 Å². The second-order valence-electron chi connectivity index (χ2n) is 5.93. The van der Waals surface area contributed by atoms with Crippen LogP contribution in [-0.2, 0) is 17.8 Å². The predicted molar refractivity (Wildman–Crippen MR) is 90.2 cm³/mol. The molecule has 1 aromatic heterocycles. The van der Waals surface area contributed by atoms with Gasteiger partial charge in [0.1, 0.15) is 5.75 Å². The van der Waals surface area contributed by atoms with E-state index in [1.807, 2.05) is 24.3 Å². The zero-order chi connectivity index (χ0) is 16.9. The van der Waals surface area contributed by atoms with E-state index in [0.29, 0.717) is 24.8 Å². The topological polar surface area (TPSA) is 73.2 Å². The summed E-state index contributed by atoms with van der Waals surface area (Å²) in [7, 11) is 1.58. The van der Waals surface area contributed by atoms with Crippen LogP contribution in [0.5, 0.6) is 5.75 Å². The summed E-state index contributed by atoms with van der Waals surface area (Å²) in [6.07, 6.45) is 2.52. The Morgan fingerprint density at radius 1 is 1.29 bits per heavy atom. The van der Waals surface area contributed by atoms with Crippen molar-refractivity contribution in [3.8, 4) is 5.75 Å². The maximum absolute atomic E-state index is 12.1. The molecule has 0 atom stereocenters. The van der Waals surface area contributed by atoms with Gasteiger partial charge in [0.25, 0.3) is 5.56 Å². The minimum atomic E-state index is -0.140. The Balaban J connectivity index is 1.53. The number of aromatic nitrogens is 2. The standard InChI is InChI=1S/C18H21N3O3/c1-24-16-5-3-2-4-14(16)12-17(22)19-10-11-21-18(23)9-8-15(20-21)13-6-7-13/h2-5,8-9,13H,6-7,10-12H2,1H3,(H,19,22). The van der Waals surface area contributed by atoms with Crippen molar-refractivity contribution in [3.05, 3.63) is 58.0 Å². The number of amides is 1. The molecule has 0 radical (unpaired) electrons. The van der Waals surface area contributed by atoms with Crippen LogP contribution in [0.1, 0.15) is 30.0 Å². The van der Waals surface area contributed by atoms with E-state index in [9.17, 15) is 9.59 Å². The van der Waals surface area contributed by atoms with Gasteiger partial charge >= 0.3 is 0 Å². The number of hydrogen-bond donors (Lipinski definition) is 1. The summed E-state index contributed by atoms with van der Waals surface area (Å²) in [5.41, 5.74) is 1.66. The van der Waals surface area contributed by atoms with E-state index in [0.717, 1.165) is 24.1 Å². The fourth-order valence-corrected chi connectivity index (χ4v) is 2.61. The minimum absolute atomic E-state index is 0.106. The molecule has 24 heavy (non-hydrogen) atoms. The molecule has 1 saturated carbocycles. The average Bonchev–Trinajstić information content (AvgIpc) is 3.42. The summed E-state index contributed by atoms with van der Waals surface area (Å²) in [6, 6.07) is 10.8. The normalized spacial score (nSPS) is 13.5. The zero-order valence-corrected chi connectivity index (χ0v) is 13.7. The van der Waals surface area contributed by atoms with Crippen LogP contribution >= 0.6 is 0 Å². The Morgan fingerprint density at radius 2 is 2.08 bits per heavy atom. The molecule has 0 bridgehead atoms. The molecule has 0 saturated heterocycles. The average molecular weight is 327 g/mol. The van der Waals surface area contributed by atoms with Gasteiger partial charge in [-0.25, -0.2) is 4.68 Å². The molecule has 6 heteroatoms. The molecule has 1 heterocycles. The van der Waals surface area contributed by atoms with Crippen LogP contribution in [0.25, 0.3) is 0 Å². The molecule has 2 aromatic rings. The monoisotopic (exact) mass is 327 g/mol. The maximum Gasteiger partial charge on any atom is 0.266 e. The third kappa shape index (κ3) is 4.01. The van der Waals surface area contributed by atoms with Gasteiger partial charge in [0, 0.05) is 24.1 Å². The highest BCUT2D eigenvalue weighted by molar-refractivity contribution is 5.79. The number of para-hydroxylation sites is 1. The minimum Gasteiger partial charge on any atom is -0.496 e. The molecule has 3 rings (SSSR count). The van der Waals surface area contributed by atoms with Crippen LogP contribution in [0, 0.1) is 0 Å². The molecule has 0 unspecified atom stereocenters. The number of nitrogens with one attached hydrogen (secondary N) is 1. The third-order valence-electron chi connectivity index (χ3n) is 4.07. The first-order valence-electron chi connectivity index (χ1n) is 8.14. The summed E-state index contributed by atoms with van der Waals surface area (Å²) in [6.45, 7) is 0.742. The lowest BCUT2D eigenvalue weighted by Gasteiger charge is -2.10. The Morgan fingerprint density at radius 3 is 2.83 bits per heavy atom. The smallest absolute Gasteiger partial charge is 0.266 e. The molecule has 1 aliphatic carbocycles. The van der Waals surface area contributed by atoms with Gasteiger partial charge in [-0.15, -0.1) is 0 Å². The molecular formula is C18H21N3O3. The number of carbonyl (C=O) groups is 1. The van der Waals surface area contributed by atoms with E-state index in [2.05, 4.69) is 10.4 Å². The Labute approximate surface area is 140 Å². The number of carbonyl (C=O) groups excluding carboxylic acids is 1. The van der Waals surface area contributed by atoms with Crippen molar-refractivity contribution in [1.82, 2.24) is 15.1 Å². The van der Waals surface area contributed by atoms with Crippen LogP contribution in [0.3, 0.4) is 0 Å². The van der Waals surface area contributed by atoms with E-state index in [-0.39, 0.29) is 17.9 Å². The molecule has 0 aliphatic heterocycles. The van der Waals surface area contributed by atoms with Crippen LogP contribution in [-0.4, -0.2) is 29.3 Å².